The van der Waals surface area contributed by atoms with E-state index >= 15 is 0 Å². The number of carbonyl (C=O) groups is 1. The highest BCUT2D eigenvalue weighted by atomic mass is 35.5. The van der Waals surface area contributed by atoms with Crippen molar-refractivity contribution in [3.63, 3.8) is 0 Å². The Morgan fingerprint density at radius 2 is 2.25 bits per heavy atom. The molecular formula is C13H11ClF2N2O2. The molecule has 0 radical (unpaired) electrons. The van der Waals surface area contributed by atoms with Crippen molar-refractivity contribution in [2.75, 3.05) is 0 Å². The smallest absolute Gasteiger partial charge is 0.338 e. The lowest BCUT2D eigenvalue weighted by Crippen LogP contribution is -2.09. The van der Waals surface area contributed by atoms with Crippen molar-refractivity contribution in [3.05, 3.63) is 40.7 Å². The molecule has 0 amide bonds. The summed E-state index contributed by atoms with van der Waals surface area (Å²) >= 11 is 5.89. The minimum Gasteiger partial charge on any atom is -0.478 e. The Morgan fingerprint density at radius 3 is 2.80 bits per heavy atom. The number of rotatable bonds is 4. The maximum absolute atomic E-state index is 12.7. The fraction of sp³-hybridized carbons (Fsp3) is 0.231. The standard InChI is InChI=1S/C13H11ClF2N2O2/c1-7-3-2-4-17-11(7)9-5-8(13(19)20)12(14)18(9)6-10(15)16/h2-5,10H,6H2,1H3,(H,19,20). The lowest BCUT2D eigenvalue weighted by molar-refractivity contribution is 0.0696. The van der Waals surface area contributed by atoms with Crippen LogP contribution in [0.5, 0.6) is 0 Å². The van der Waals surface area contributed by atoms with Crippen molar-refractivity contribution < 1.29 is 18.7 Å². The number of pyridine rings is 1. The van der Waals surface area contributed by atoms with Gasteiger partial charge in [0.25, 0.3) is 6.43 Å². The molecule has 106 valence electrons. The molecule has 0 fully saturated rings. The molecule has 2 aromatic rings. The van der Waals surface area contributed by atoms with E-state index in [1.54, 1.807) is 19.1 Å². The molecule has 0 unspecified atom stereocenters. The van der Waals surface area contributed by atoms with Crippen molar-refractivity contribution in [3.8, 4) is 11.4 Å². The van der Waals surface area contributed by atoms with Crippen LogP contribution in [-0.2, 0) is 6.54 Å². The SMILES string of the molecule is Cc1cccnc1-c1cc(C(=O)O)c(Cl)n1CC(F)F. The maximum Gasteiger partial charge on any atom is 0.338 e. The van der Waals surface area contributed by atoms with E-state index in [-0.39, 0.29) is 16.4 Å². The number of hydrogen-bond donors (Lipinski definition) is 1. The summed E-state index contributed by atoms with van der Waals surface area (Å²) in [6.45, 7) is 1.08. The summed E-state index contributed by atoms with van der Waals surface area (Å²) < 4.78 is 26.4. The van der Waals surface area contributed by atoms with Gasteiger partial charge in [-0.1, -0.05) is 17.7 Å². The highest BCUT2D eigenvalue weighted by Gasteiger charge is 2.22. The topological polar surface area (TPSA) is 55.1 Å². The fourth-order valence-electron chi connectivity index (χ4n) is 1.94. The first-order chi connectivity index (χ1) is 9.41. The van der Waals surface area contributed by atoms with E-state index in [2.05, 4.69) is 4.98 Å². The van der Waals surface area contributed by atoms with Gasteiger partial charge in [-0.25, -0.2) is 13.6 Å². The Labute approximate surface area is 118 Å². The first-order valence-corrected chi connectivity index (χ1v) is 6.12. The third kappa shape index (κ3) is 2.65. The van der Waals surface area contributed by atoms with Crippen LogP contribution < -0.4 is 0 Å². The molecule has 0 saturated carbocycles. The van der Waals surface area contributed by atoms with Crippen LogP contribution in [0.15, 0.2) is 24.4 Å². The highest BCUT2D eigenvalue weighted by Crippen LogP contribution is 2.30. The van der Waals surface area contributed by atoms with Crippen LogP contribution in [0.4, 0.5) is 8.78 Å². The molecule has 0 saturated heterocycles. The van der Waals surface area contributed by atoms with Gasteiger partial charge in [-0.3, -0.25) is 4.98 Å². The molecule has 7 heteroatoms. The van der Waals surface area contributed by atoms with Gasteiger partial charge in [0.15, 0.2) is 0 Å². The van der Waals surface area contributed by atoms with Crippen molar-refractivity contribution in [2.45, 2.75) is 19.9 Å². The number of hydrogen-bond acceptors (Lipinski definition) is 2. The normalized spacial score (nSPS) is 11.1. The molecule has 20 heavy (non-hydrogen) atoms. The first-order valence-electron chi connectivity index (χ1n) is 5.74. The van der Waals surface area contributed by atoms with E-state index in [9.17, 15) is 13.6 Å². The molecule has 4 nitrogen and oxygen atoms in total. The Balaban J connectivity index is 2.65. The van der Waals surface area contributed by atoms with Gasteiger partial charge < -0.3 is 9.67 Å². The molecule has 2 rings (SSSR count). The third-order valence-corrected chi connectivity index (χ3v) is 3.24. The molecular weight excluding hydrogens is 290 g/mol. The predicted molar refractivity (Wildman–Crippen MR) is 70.4 cm³/mol. The minimum atomic E-state index is -2.65. The number of aryl methyl sites for hydroxylation is 1. The van der Waals surface area contributed by atoms with Gasteiger partial charge in [0.05, 0.1) is 23.5 Å². The van der Waals surface area contributed by atoms with Gasteiger partial charge >= 0.3 is 5.97 Å². The van der Waals surface area contributed by atoms with Crippen LogP contribution in [0.2, 0.25) is 5.15 Å². The van der Waals surface area contributed by atoms with Crippen LogP contribution in [0.25, 0.3) is 11.4 Å². The average molecular weight is 301 g/mol. The van der Waals surface area contributed by atoms with Crippen molar-refractivity contribution >= 4 is 17.6 Å². The Bertz CT molecular complexity index is 656. The number of carboxylic acids is 1. The van der Waals surface area contributed by atoms with Crippen LogP contribution in [0.3, 0.4) is 0 Å². The van der Waals surface area contributed by atoms with E-state index in [1.165, 1.54) is 12.3 Å². The minimum absolute atomic E-state index is 0.215. The summed E-state index contributed by atoms with van der Waals surface area (Å²) in [5.41, 5.74) is 1.23. The van der Waals surface area contributed by atoms with Crippen molar-refractivity contribution in [1.82, 2.24) is 9.55 Å². The van der Waals surface area contributed by atoms with Gasteiger partial charge in [-0.05, 0) is 24.6 Å². The summed E-state index contributed by atoms with van der Waals surface area (Å²) in [4.78, 5) is 15.2. The number of carboxylic acid groups (broad SMARTS) is 1. The molecule has 2 aromatic heterocycles. The number of aromatic nitrogens is 2. The average Bonchev–Trinajstić information content (AvgIpc) is 2.67. The zero-order valence-corrected chi connectivity index (χ0v) is 11.2. The largest absolute Gasteiger partial charge is 0.478 e. The molecule has 0 atom stereocenters. The molecule has 1 N–H and O–H groups in total. The summed E-state index contributed by atoms with van der Waals surface area (Å²) in [6.07, 6.45) is -1.14. The van der Waals surface area contributed by atoms with E-state index < -0.39 is 18.9 Å². The Hall–Kier alpha value is -1.95. The number of nitrogens with zero attached hydrogens (tertiary/aromatic N) is 2. The summed E-state index contributed by atoms with van der Waals surface area (Å²) in [5, 5.41) is 8.82. The van der Waals surface area contributed by atoms with Crippen molar-refractivity contribution in [1.29, 1.82) is 0 Å². The highest BCUT2D eigenvalue weighted by molar-refractivity contribution is 6.33. The first kappa shape index (κ1) is 14.5. The molecule has 0 aliphatic heterocycles. The van der Waals surface area contributed by atoms with Gasteiger partial charge in [0, 0.05) is 6.20 Å². The number of alkyl halides is 2. The van der Waals surface area contributed by atoms with Crippen molar-refractivity contribution in [2.24, 2.45) is 0 Å². The molecule has 0 aliphatic rings. The van der Waals surface area contributed by atoms with E-state index in [4.69, 9.17) is 16.7 Å². The summed E-state index contributed by atoms with van der Waals surface area (Å²) in [5.74, 6) is -1.27. The number of halogens is 3. The second-order valence-electron chi connectivity index (χ2n) is 4.21. The van der Waals surface area contributed by atoms with E-state index in [0.717, 1.165) is 10.1 Å². The fourth-order valence-corrected chi connectivity index (χ4v) is 2.24. The predicted octanol–water partition coefficient (Wildman–Crippen LogP) is 3.48. The third-order valence-electron chi connectivity index (χ3n) is 2.83. The van der Waals surface area contributed by atoms with Gasteiger partial charge in [-0.2, -0.15) is 0 Å². The summed E-state index contributed by atoms with van der Waals surface area (Å²) in [6, 6.07) is 4.73. The van der Waals surface area contributed by atoms with Crippen LogP contribution >= 0.6 is 11.6 Å². The monoisotopic (exact) mass is 300 g/mol. The number of aromatic carboxylic acids is 1. The molecule has 2 heterocycles. The van der Waals surface area contributed by atoms with Gasteiger partial charge in [-0.15, -0.1) is 0 Å². The zero-order chi connectivity index (χ0) is 14.9. The Kier molecular flexibility index (Phi) is 4.04. The van der Waals surface area contributed by atoms with Gasteiger partial charge in [0.1, 0.15) is 5.15 Å². The van der Waals surface area contributed by atoms with Crippen LogP contribution in [-0.4, -0.2) is 27.1 Å². The quantitative estimate of drug-likeness (QED) is 0.940. The Morgan fingerprint density at radius 1 is 1.55 bits per heavy atom. The van der Waals surface area contributed by atoms with E-state index in [1.807, 2.05) is 0 Å². The van der Waals surface area contributed by atoms with Crippen LogP contribution in [0.1, 0.15) is 15.9 Å². The van der Waals surface area contributed by atoms with Crippen LogP contribution in [0, 0.1) is 6.92 Å². The zero-order valence-electron chi connectivity index (χ0n) is 10.5. The molecule has 0 bridgehead atoms. The summed E-state index contributed by atoms with van der Waals surface area (Å²) in [7, 11) is 0. The lowest BCUT2D eigenvalue weighted by atomic mass is 10.1. The molecule has 0 aromatic carbocycles. The van der Waals surface area contributed by atoms with Gasteiger partial charge in [0.2, 0.25) is 0 Å². The maximum atomic E-state index is 12.7. The second-order valence-corrected chi connectivity index (χ2v) is 4.57. The molecule has 0 spiro atoms. The second kappa shape index (κ2) is 5.58. The lowest BCUT2D eigenvalue weighted by Gasteiger charge is -2.11. The molecule has 0 aliphatic carbocycles. The van der Waals surface area contributed by atoms with E-state index in [0.29, 0.717) is 5.69 Å².